The summed E-state index contributed by atoms with van der Waals surface area (Å²) in [6.45, 7) is 6.64. The van der Waals surface area contributed by atoms with E-state index in [-0.39, 0.29) is 0 Å². The predicted molar refractivity (Wildman–Crippen MR) is 70.3 cm³/mol. The van der Waals surface area contributed by atoms with Crippen LogP contribution in [0.25, 0.3) is 0 Å². The quantitative estimate of drug-likeness (QED) is 0.641. The Balaban J connectivity index is 2.83. The molecule has 86 valence electrons. The summed E-state index contributed by atoms with van der Waals surface area (Å²) in [6.07, 6.45) is 0.385. The van der Waals surface area contributed by atoms with Crippen LogP contribution in [0.4, 0.5) is 5.69 Å². The summed E-state index contributed by atoms with van der Waals surface area (Å²) in [7, 11) is 0. The summed E-state index contributed by atoms with van der Waals surface area (Å²) in [6, 6.07) is 8.09. The van der Waals surface area contributed by atoms with Crippen molar-refractivity contribution in [2.24, 2.45) is 5.92 Å². The molecule has 0 aliphatic heterocycles. The van der Waals surface area contributed by atoms with E-state index in [0.717, 1.165) is 5.56 Å². The lowest BCUT2D eigenvalue weighted by Gasteiger charge is -2.15. The molecule has 3 heteroatoms. The molecule has 2 nitrogen and oxygen atoms in total. The standard InChI is InChI=1S/C13H18N2S/c1-9(2)10(3)16-12-4-5-13(15)11(8-12)6-7-14/h4-5,8-10H,6,15H2,1-3H3. The lowest BCUT2D eigenvalue weighted by Crippen LogP contribution is -2.05. The molecule has 1 unspecified atom stereocenters. The highest BCUT2D eigenvalue weighted by Gasteiger charge is 2.09. The first-order valence-corrected chi connectivity index (χ1v) is 6.34. The molecular weight excluding hydrogens is 216 g/mol. The van der Waals surface area contributed by atoms with Crippen molar-refractivity contribution in [3.8, 4) is 6.07 Å². The highest BCUT2D eigenvalue weighted by molar-refractivity contribution is 8.00. The van der Waals surface area contributed by atoms with Crippen LogP contribution >= 0.6 is 11.8 Å². The average molecular weight is 234 g/mol. The molecule has 1 aromatic rings. The van der Waals surface area contributed by atoms with Crippen molar-refractivity contribution in [1.29, 1.82) is 5.26 Å². The van der Waals surface area contributed by atoms with Gasteiger partial charge in [0.05, 0.1) is 12.5 Å². The first-order valence-electron chi connectivity index (χ1n) is 5.46. The summed E-state index contributed by atoms with van der Waals surface area (Å²) in [5.41, 5.74) is 7.45. The van der Waals surface area contributed by atoms with Crippen molar-refractivity contribution in [2.75, 3.05) is 5.73 Å². The van der Waals surface area contributed by atoms with Crippen LogP contribution in [0, 0.1) is 17.2 Å². The maximum atomic E-state index is 8.69. The molecule has 0 fully saturated rings. The fourth-order valence-corrected chi connectivity index (χ4v) is 2.30. The second-order valence-electron chi connectivity index (χ2n) is 4.26. The summed E-state index contributed by atoms with van der Waals surface area (Å²) in [5, 5.41) is 9.26. The topological polar surface area (TPSA) is 49.8 Å². The van der Waals surface area contributed by atoms with E-state index in [1.165, 1.54) is 4.90 Å². The highest BCUT2D eigenvalue weighted by atomic mass is 32.2. The van der Waals surface area contributed by atoms with E-state index in [2.05, 4.69) is 26.8 Å². The number of nitrogens with zero attached hydrogens (tertiary/aromatic N) is 1. The Labute approximate surface area is 102 Å². The number of hydrogen-bond acceptors (Lipinski definition) is 3. The molecule has 0 aliphatic rings. The molecule has 16 heavy (non-hydrogen) atoms. The van der Waals surface area contributed by atoms with E-state index < -0.39 is 0 Å². The molecule has 0 radical (unpaired) electrons. The molecule has 0 saturated carbocycles. The van der Waals surface area contributed by atoms with Gasteiger partial charge in [0.15, 0.2) is 0 Å². The van der Waals surface area contributed by atoms with Gasteiger partial charge >= 0.3 is 0 Å². The third-order valence-corrected chi connectivity index (χ3v) is 4.09. The van der Waals surface area contributed by atoms with E-state index >= 15 is 0 Å². The van der Waals surface area contributed by atoms with Crippen molar-refractivity contribution >= 4 is 17.4 Å². The van der Waals surface area contributed by atoms with E-state index in [4.69, 9.17) is 11.0 Å². The van der Waals surface area contributed by atoms with Gasteiger partial charge in [-0.3, -0.25) is 0 Å². The Morgan fingerprint density at radius 3 is 2.62 bits per heavy atom. The van der Waals surface area contributed by atoms with Crippen molar-refractivity contribution in [2.45, 2.75) is 37.3 Å². The summed E-state index contributed by atoms with van der Waals surface area (Å²) < 4.78 is 0. The number of thioether (sulfide) groups is 1. The molecule has 2 N–H and O–H groups in total. The second-order valence-corrected chi connectivity index (χ2v) is 5.71. The van der Waals surface area contributed by atoms with Gasteiger partial charge in [0.2, 0.25) is 0 Å². The molecule has 0 heterocycles. The third kappa shape index (κ3) is 3.46. The van der Waals surface area contributed by atoms with Crippen molar-refractivity contribution in [1.82, 2.24) is 0 Å². The molecule has 0 amide bonds. The molecule has 1 aromatic carbocycles. The van der Waals surface area contributed by atoms with Crippen molar-refractivity contribution in [3.05, 3.63) is 23.8 Å². The van der Waals surface area contributed by atoms with Crippen LogP contribution in [0.1, 0.15) is 26.3 Å². The third-order valence-electron chi connectivity index (χ3n) is 2.64. The van der Waals surface area contributed by atoms with Gasteiger partial charge in [-0.1, -0.05) is 20.8 Å². The van der Waals surface area contributed by atoms with Gasteiger partial charge in [0.1, 0.15) is 0 Å². The number of nitriles is 1. The monoisotopic (exact) mass is 234 g/mol. The van der Waals surface area contributed by atoms with Crippen molar-refractivity contribution < 1.29 is 0 Å². The minimum Gasteiger partial charge on any atom is -0.398 e. The zero-order chi connectivity index (χ0) is 12.1. The normalized spacial score (nSPS) is 12.4. The maximum absolute atomic E-state index is 8.69. The molecule has 0 bridgehead atoms. The summed E-state index contributed by atoms with van der Waals surface area (Å²) in [4.78, 5) is 1.20. The fourth-order valence-electron chi connectivity index (χ4n) is 1.24. The molecule has 0 aliphatic carbocycles. The molecule has 1 rings (SSSR count). The van der Waals surface area contributed by atoms with Gasteiger partial charge in [-0.05, 0) is 29.7 Å². The number of hydrogen-bond donors (Lipinski definition) is 1. The number of anilines is 1. The lowest BCUT2D eigenvalue weighted by molar-refractivity contribution is 0.642. The van der Waals surface area contributed by atoms with Crippen LogP contribution < -0.4 is 5.73 Å². The zero-order valence-electron chi connectivity index (χ0n) is 10.0. The van der Waals surface area contributed by atoms with E-state index in [9.17, 15) is 0 Å². The van der Waals surface area contributed by atoms with Gasteiger partial charge in [0.25, 0.3) is 0 Å². The van der Waals surface area contributed by atoms with Crippen LogP contribution in [0.2, 0.25) is 0 Å². The smallest absolute Gasteiger partial charge is 0.0670 e. The molecule has 0 spiro atoms. The maximum Gasteiger partial charge on any atom is 0.0670 e. The minimum atomic E-state index is 0.385. The second kappa shape index (κ2) is 5.81. The Bertz CT molecular complexity index is 393. The first-order chi connectivity index (χ1) is 7.54. The number of benzene rings is 1. The van der Waals surface area contributed by atoms with Crippen LogP contribution in [-0.4, -0.2) is 5.25 Å². The largest absolute Gasteiger partial charge is 0.398 e. The summed E-state index contributed by atoms with van der Waals surface area (Å²) in [5.74, 6) is 0.641. The number of nitrogens with two attached hydrogens (primary N) is 1. The Hall–Kier alpha value is -1.14. The minimum absolute atomic E-state index is 0.385. The Morgan fingerprint density at radius 1 is 1.38 bits per heavy atom. The van der Waals surface area contributed by atoms with Gasteiger partial charge in [-0.2, -0.15) is 5.26 Å². The average Bonchev–Trinajstić information content (AvgIpc) is 2.23. The summed E-state index contributed by atoms with van der Waals surface area (Å²) >= 11 is 1.84. The molecule has 0 aromatic heterocycles. The van der Waals surface area contributed by atoms with Gasteiger partial charge in [-0.15, -0.1) is 11.8 Å². The fraction of sp³-hybridized carbons (Fsp3) is 0.462. The van der Waals surface area contributed by atoms with Crippen LogP contribution in [0.5, 0.6) is 0 Å². The van der Waals surface area contributed by atoms with Crippen molar-refractivity contribution in [3.63, 3.8) is 0 Å². The zero-order valence-corrected chi connectivity index (χ0v) is 10.8. The van der Waals surface area contributed by atoms with Crippen LogP contribution in [0.15, 0.2) is 23.1 Å². The van der Waals surface area contributed by atoms with Crippen LogP contribution in [-0.2, 0) is 6.42 Å². The highest BCUT2D eigenvalue weighted by Crippen LogP contribution is 2.29. The number of rotatable bonds is 4. The van der Waals surface area contributed by atoms with Gasteiger partial charge < -0.3 is 5.73 Å². The Morgan fingerprint density at radius 2 is 2.06 bits per heavy atom. The molecule has 0 saturated heterocycles. The first kappa shape index (κ1) is 12.9. The lowest BCUT2D eigenvalue weighted by atomic mass is 10.1. The molecule has 1 atom stereocenters. The van der Waals surface area contributed by atoms with E-state index in [1.807, 2.05) is 30.0 Å². The Kier molecular flexibility index (Phi) is 4.70. The van der Waals surface area contributed by atoms with Gasteiger partial charge in [-0.25, -0.2) is 0 Å². The number of nitrogen functional groups attached to an aromatic ring is 1. The van der Waals surface area contributed by atoms with E-state index in [0.29, 0.717) is 23.3 Å². The SMILES string of the molecule is CC(C)C(C)Sc1ccc(N)c(CC#N)c1. The molecular formula is C13H18N2S. The van der Waals surface area contributed by atoms with Gasteiger partial charge in [0, 0.05) is 15.8 Å². The van der Waals surface area contributed by atoms with E-state index in [1.54, 1.807) is 0 Å². The predicted octanol–water partition coefficient (Wildman–Crippen LogP) is 3.47. The van der Waals surface area contributed by atoms with Crippen LogP contribution in [0.3, 0.4) is 0 Å².